The number of imide groups is 1. The summed E-state index contributed by atoms with van der Waals surface area (Å²) in [7, 11) is 0. The molecule has 2 aromatic rings. The van der Waals surface area contributed by atoms with Gasteiger partial charge in [-0.25, -0.2) is 4.79 Å². The van der Waals surface area contributed by atoms with Gasteiger partial charge in [-0.3, -0.25) is 14.4 Å². The third kappa shape index (κ3) is 2.06. The second-order valence-electron chi connectivity index (χ2n) is 6.76. The molecule has 124 valence electrons. The molecular weight excluding hydrogens is 304 g/mol. The maximum absolute atomic E-state index is 13.1. The molecular formula is C18H20N4O2. The minimum absolute atomic E-state index is 0.170. The molecule has 3 amide bonds. The molecule has 6 nitrogen and oxygen atoms in total. The Kier molecular flexibility index (Phi) is 3.23. The van der Waals surface area contributed by atoms with Crippen molar-refractivity contribution in [1.82, 2.24) is 20.0 Å². The fraction of sp³-hybridized carbons (Fsp3) is 0.389. The molecule has 1 unspecified atom stereocenters. The molecule has 2 aliphatic rings. The average Bonchev–Trinajstić information content (AvgIpc) is 3.23. The highest BCUT2D eigenvalue weighted by Crippen LogP contribution is 2.41. The van der Waals surface area contributed by atoms with Crippen molar-refractivity contribution in [3.05, 3.63) is 53.3 Å². The van der Waals surface area contributed by atoms with E-state index >= 15 is 0 Å². The van der Waals surface area contributed by atoms with E-state index in [0.717, 1.165) is 23.2 Å². The van der Waals surface area contributed by atoms with Crippen LogP contribution >= 0.6 is 0 Å². The van der Waals surface area contributed by atoms with Crippen LogP contribution in [0.3, 0.4) is 0 Å². The van der Waals surface area contributed by atoms with E-state index in [4.69, 9.17) is 0 Å². The van der Waals surface area contributed by atoms with Crippen LogP contribution in [-0.2, 0) is 23.3 Å². The summed E-state index contributed by atoms with van der Waals surface area (Å²) in [5.41, 5.74) is 1.89. The van der Waals surface area contributed by atoms with Crippen LogP contribution in [0.25, 0.3) is 0 Å². The van der Waals surface area contributed by atoms with Crippen LogP contribution in [0.4, 0.5) is 4.79 Å². The van der Waals surface area contributed by atoms with Crippen molar-refractivity contribution in [1.29, 1.82) is 0 Å². The van der Waals surface area contributed by atoms with Crippen molar-refractivity contribution >= 4 is 11.9 Å². The summed E-state index contributed by atoms with van der Waals surface area (Å²) in [5.74, 6) is -0.170. The van der Waals surface area contributed by atoms with E-state index in [1.54, 1.807) is 0 Å². The van der Waals surface area contributed by atoms with E-state index in [1.807, 2.05) is 55.1 Å². The number of carbonyl (C=O) groups is 2. The Labute approximate surface area is 140 Å². The van der Waals surface area contributed by atoms with Crippen LogP contribution < -0.4 is 5.32 Å². The topological polar surface area (TPSA) is 67.2 Å². The summed E-state index contributed by atoms with van der Waals surface area (Å²) in [6, 6.07) is 9.61. The van der Waals surface area contributed by atoms with Crippen LogP contribution in [0.2, 0.25) is 0 Å². The molecule has 24 heavy (non-hydrogen) atoms. The maximum Gasteiger partial charge on any atom is 0.325 e. The van der Waals surface area contributed by atoms with Crippen LogP contribution in [0, 0.1) is 0 Å². The number of amides is 3. The second kappa shape index (κ2) is 5.19. The minimum atomic E-state index is -0.895. The Morgan fingerprint density at radius 2 is 2.04 bits per heavy atom. The zero-order chi connectivity index (χ0) is 16.9. The summed E-state index contributed by atoms with van der Waals surface area (Å²) in [5, 5.41) is 7.38. The first-order valence-corrected chi connectivity index (χ1v) is 8.28. The maximum atomic E-state index is 13.1. The lowest BCUT2D eigenvalue weighted by atomic mass is 9.92. The molecule has 1 atom stereocenters. The third-order valence-corrected chi connectivity index (χ3v) is 4.93. The standard InChI is InChI=1S/C18H20N4O2/c1-12(2)22-10-8-14(20-22)11-21-16(23)18(19-17(21)24)9-7-13-5-3-4-6-15(13)18/h3-6,8,10,12H,7,9,11H2,1-2H3,(H,19,24). The molecule has 1 aromatic heterocycles. The van der Waals surface area contributed by atoms with Gasteiger partial charge < -0.3 is 5.32 Å². The Morgan fingerprint density at radius 1 is 1.25 bits per heavy atom. The number of carbonyl (C=O) groups excluding carboxylic acids is 2. The highest BCUT2D eigenvalue weighted by Gasteiger charge is 2.55. The van der Waals surface area contributed by atoms with E-state index in [9.17, 15) is 9.59 Å². The largest absolute Gasteiger partial charge is 0.325 e. The van der Waals surface area contributed by atoms with Gasteiger partial charge in [-0.1, -0.05) is 24.3 Å². The van der Waals surface area contributed by atoms with Gasteiger partial charge in [0.05, 0.1) is 12.2 Å². The Hall–Kier alpha value is -2.63. The van der Waals surface area contributed by atoms with Crippen molar-refractivity contribution in [3.63, 3.8) is 0 Å². The summed E-state index contributed by atoms with van der Waals surface area (Å²) in [4.78, 5) is 26.8. The van der Waals surface area contributed by atoms with Crippen molar-refractivity contribution in [2.75, 3.05) is 0 Å². The number of fused-ring (bicyclic) bond motifs is 2. The third-order valence-electron chi connectivity index (χ3n) is 4.93. The number of hydrogen-bond donors (Lipinski definition) is 1. The van der Waals surface area contributed by atoms with E-state index in [0.29, 0.717) is 6.42 Å². The second-order valence-corrected chi connectivity index (χ2v) is 6.76. The van der Waals surface area contributed by atoms with Gasteiger partial charge in [0.25, 0.3) is 5.91 Å². The molecule has 0 saturated carbocycles. The van der Waals surface area contributed by atoms with Crippen molar-refractivity contribution in [2.45, 2.75) is 44.8 Å². The van der Waals surface area contributed by atoms with Gasteiger partial charge in [0.15, 0.2) is 0 Å². The highest BCUT2D eigenvalue weighted by molar-refractivity contribution is 6.08. The van der Waals surface area contributed by atoms with Gasteiger partial charge in [0.1, 0.15) is 5.54 Å². The molecule has 1 aliphatic heterocycles. The molecule has 1 N–H and O–H groups in total. The van der Waals surface area contributed by atoms with Gasteiger partial charge in [0, 0.05) is 12.2 Å². The number of aromatic nitrogens is 2. The first-order chi connectivity index (χ1) is 11.5. The average molecular weight is 324 g/mol. The Bertz CT molecular complexity index is 826. The van der Waals surface area contributed by atoms with Crippen LogP contribution in [-0.4, -0.2) is 26.6 Å². The molecule has 2 heterocycles. The molecule has 1 saturated heterocycles. The van der Waals surface area contributed by atoms with Gasteiger partial charge in [-0.15, -0.1) is 0 Å². The van der Waals surface area contributed by atoms with E-state index in [2.05, 4.69) is 10.4 Å². The smallest absolute Gasteiger partial charge is 0.319 e. The van der Waals surface area contributed by atoms with E-state index < -0.39 is 5.54 Å². The molecule has 1 aliphatic carbocycles. The van der Waals surface area contributed by atoms with E-state index in [1.165, 1.54) is 4.90 Å². The molecule has 6 heteroatoms. The van der Waals surface area contributed by atoms with Crippen LogP contribution in [0.5, 0.6) is 0 Å². The number of nitrogens with one attached hydrogen (secondary N) is 1. The highest BCUT2D eigenvalue weighted by atomic mass is 16.2. The Morgan fingerprint density at radius 3 is 2.79 bits per heavy atom. The predicted molar refractivity (Wildman–Crippen MR) is 88.1 cm³/mol. The summed E-state index contributed by atoms with van der Waals surface area (Å²) < 4.78 is 1.83. The lowest BCUT2D eigenvalue weighted by Gasteiger charge is -2.22. The zero-order valence-electron chi connectivity index (χ0n) is 13.8. The normalized spacial score (nSPS) is 22.5. The van der Waals surface area contributed by atoms with E-state index in [-0.39, 0.29) is 24.5 Å². The van der Waals surface area contributed by atoms with Crippen molar-refractivity contribution < 1.29 is 9.59 Å². The van der Waals surface area contributed by atoms with Gasteiger partial charge in [-0.05, 0) is 43.9 Å². The lowest BCUT2D eigenvalue weighted by molar-refractivity contribution is -0.132. The van der Waals surface area contributed by atoms with Gasteiger partial charge in [0.2, 0.25) is 0 Å². The number of rotatable bonds is 3. The molecule has 0 bridgehead atoms. The zero-order valence-corrected chi connectivity index (χ0v) is 13.8. The minimum Gasteiger partial charge on any atom is -0.319 e. The first kappa shape index (κ1) is 14.9. The first-order valence-electron chi connectivity index (χ1n) is 8.28. The van der Waals surface area contributed by atoms with Gasteiger partial charge in [-0.2, -0.15) is 5.10 Å². The molecule has 1 spiro atoms. The lowest BCUT2D eigenvalue weighted by Crippen LogP contribution is -2.41. The molecule has 1 aromatic carbocycles. The molecule has 1 fully saturated rings. The number of nitrogens with zero attached hydrogens (tertiary/aromatic N) is 3. The van der Waals surface area contributed by atoms with Crippen molar-refractivity contribution in [3.8, 4) is 0 Å². The summed E-state index contributed by atoms with van der Waals surface area (Å²) >= 11 is 0. The quantitative estimate of drug-likeness (QED) is 0.881. The Balaban J connectivity index is 1.63. The molecule has 0 radical (unpaired) electrons. The van der Waals surface area contributed by atoms with Crippen molar-refractivity contribution in [2.24, 2.45) is 0 Å². The predicted octanol–water partition coefficient (Wildman–Crippen LogP) is 2.36. The fourth-order valence-corrected chi connectivity index (χ4v) is 3.64. The number of benzene rings is 1. The fourth-order valence-electron chi connectivity index (χ4n) is 3.64. The monoisotopic (exact) mass is 324 g/mol. The van der Waals surface area contributed by atoms with Gasteiger partial charge >= 0.3 is 6.03 Å². The summed E-state index contributed by atoms with van der Waals surface area (Å²) in [6.07, 6.45) is 3.30. The number of hydrogen-bond acceptors (Lipinski definition) is 3. The summed E-state index contributed by atoms with van der Waals surface area (Å²) in [6.45, 7) is 4.28. The number of urea groups is 1. The van der Waals surface area contributed by atoms with Crippen LogP contribution in [0.15, 0.2) is 36.5 Å². The number of aryl methyl sites for hydroxylation is 1. The van der Waals surface area contributed by atoms with Crippen LogP contribution in [0.1, 0.15) is 43.1 Å². The molecule has 4 rings (SSSR count). The SMILES string of the molecule is CC(C)n1ccc(CN2C(=O)NC3(CCc4ccccc43)C2=O)n1.